The quantitative estimate of drug-likeness (QED) is 0.0800. The average Bonchev–Trinajstić information content (AvgIpc) is 1.17. The van der Waals surface area contributed by atoms with Crippen molar-refractivity contribution in [2.45, 2.75) is 0 Å². The topological polar surface area (TPSA) is 25.4 Å². The van der Waals surface area contributed by atoms with Crippen LogP contribution in [0.4, 0.5) is 85.3 Å². The second-order valence-electron chi connectivity index (χ2n) is 21.8. The molecule has 0 saturated carbocycles. The third-order valence-corrected chi connectivity index (χ3v) is 15.9. The number of ether oxygens (including phenoxy) is 1. The summed E-state index contributed by atoms with van der Waals surface area (Å²) in [6.45, 7) is 0. The smallest absolute Gasteiger partial charge is 0.131 e. The Morgan fingerprint density at radius 1 is 0.156 bits per heavy atom. The van der Waals surface area contributed by atoms with E-state index in [-0.39, 0.29) is 0 Å². The van der Waals surface area contributed by atoms with E-state index < -0.39 is 0 Å². The standard InChI is InChI=1S/C84H63N5O/c1-11-33-64(34-12-1)82-55-32-56-83(65-35-13-2-14-36-65)84(82)89(77-58-75(85(66-37-15-3-16-38-66)67-39-17-4-18-40-67)57-76(59-77)86(68-41-19-5-20-42-68)69-43-21-6-22-44-69)74-53-31-54-80(61-74)90-81-62-78(87(70-45-23-7-24-46-70)71-47-25-8-26-48-71)60-79(63-81)88(72-49-27-9-28-50-72)73-51-29-10-30-52-73/h1-63H. The van der Waals surface area contributed by atoms with Crippen LogP contribution in [0.3, 0.4) is 0 Å². The normalized spacial score (nSPS) is 10.9. The molecule has 0 spiro atoms. The van der Waals surface area contributed by atoms with Crippen molar-refractivity contribution in [3.8, 4) is 33.8 Å². The zero-order valence-corrected chi connectivity index (χ0v) is 49.5. The molecule has 6 heteroatoms. The molecule has 90 heavy (non-hydrogen) atoms. The van der Waals surface area contributed by atoms with Gasteiger partial charge in [0, 0.05) is 80.5 Å². The molecule has 0 aliphatic carbocycles. The van der Waals surface area contributed by atoms with Gasteiger partial charge in [-0.2, -0.15) is 0 Å². The van der Waals surface area contributed by atoms with Gasteiger partial charge < -0.3 is 29.2 Å². The fourth-order valence-corrected chi connectivity index (χ4v) is 12.0. The maximum atomic E-state index is 7.45. The summed E-state index contributed by atoms with van der Waals surface area (Å²) in [7, 11) is 0. The van der Waals surface area contributed by atoms with E-state index >= 15 is 0 Å². The van der Waals surface area contributed by atoms with Crippen molar-refractivity contribution in [1.29, 1.82) is 0 Å². The number of para-hydroxylation sites is 9. The first-order chi connectivity index (χ1) is 44.7. The van der Waals surface area contributed by atoms with Gasteiger partial charge in [-0.1, -0.05) is 231 Å². The lowest BCUT2D eigenvalue weighted by molar-refractivity contribution is 0.483. The third-order valence-electron chi connectivity index (χ3n) is 15.9. The fraction of sp³-hybridized carbons (Fsp3) is 0. The summed E-state index contributed by atoms with van der Waals surface area (Å²) in [6, 6.07) is 135. The molecule has 0 saturated heterocycles. The van der Waals surface area contributed by atoms with E-state index in [0.29, 0.717) is 11.5 Å². The van der Waals surface area contributed by atoms with E-state index in [9.17, 15) is 0 Å². The van der Waals surface area contributed by atoms with Crippen LogP contribution in [-0.2, 0) is 0 Å². The fourth-order valence-electron chi connectivity index (χ4n) is 12.0. The maximum absolute atomic E-state index is 7.45. The van der Waals surface area contributed by atoms with Crippen LogP contribution < -0.4 is 29.2 Å². The Hall–Kier alpha value is -12.1. The molecule has 0 N–H and O–H groups in total. The van der Waals surface area contributed by atoms with Crippen molar-refractivity contribution >= 4 is 85.3 Å². The molecule has 0 heterocycles. The summed E-state index contributed by atoms with van der Waals surface area (Å²) < 4.78 is 7.45. The van der Waals surface area contributed by atoms with Gasteiger partial charge >= 0.3 is 0 Å². The van der Waals surface area contributed by atoms with Gasteiger partial charge in [0.05, 0.1) is 34.1 Å². The Labute approximate surface area is 527 Å². The van der Waals surface area contributed by atoms with Crippen molar-refractivity contribution in [2.75, 3.05) is 24.5 Å². The van der Waals surface area contributed by atoms with Crippen molar-refractivity contribution in [3.05, 3.63) is 382 Å². The van der Waals surface area contributed by atoms with Crippen LogP contribution >= 0.6 is 0 Å². The van der Waals surface area contributed by atoms with Crippen molar-refractivity contribution in [3.63, 3.8) is 0 Å². The molecule has 0 aromatic heterocycles. The lowest BCUT2D eigenvalue weighted by Gasteiger charge is -2.34. The SMILES string of the molecule is c1ccc(-c2cccc(-c3ccccc3)c2N(c2cccc(Oc3cc(N(c4ccccc4)c4ccccc4)cc(N(c4ccccc4)c4ccccc4)c3)c2)c2cc(N(c3ccccc3)c3ccccc3)cc(N(c3ccccc3)c3ccccc3)c2)cc1. The van der Waals surface area contributed by atoms with Crippen LogP contribution in [0.2, 0.25) is 0 Å². The highest BCUT2D eigenvalue weighted by Crippen LogP contribution is 2.52. The molecule has 6 nitrogen and oxygen atoms in total. The van der Waals surface area contributed by atoms with Crippen LogP contribution in [0.25, 0.3) is 22.3 Å². The van der Waals surface area contributed by atoms with Crippen molar-refractivity contribution in [1.82, 2.24) is 0 Å². The summed E-state index contributed by atoms with van der Waals surface area (Å²) in [6.07, 6.45) is 0. The minimum absolute atomic E-state index is 0.651. The first-order valence-corrected chi connectivity index (χ1v) is 30.4. The minimum Gasteiger partial charge on any atom is -0.457 e. The molecule has 14 aromatic rings. The molecule has 0 fully saturated rings. The molecular weight excluding hydrogens is 1090 g/mol. The van der Waals surface area contributed by atoms with Gasteiger partial charge in [-0.15, -0.1) is 0 Å². The van der Waals surface area contributed by atoms with Crippen LogP contribution in [0, 0.1) is 0 Å². The Morgan fingerprint density at radius 2 is 0.378 bits per heavy atom. The van der Waals surface area contributed by atoms with Crippen LogP contribution in [-0.4, -0.2) is 0 Å². The van der Waals surface area contributed by atoms with Gasteiger partial charge in [0.2, 0.25) is 0 Å². The number of rotatable bonds is 19. The molecular formula is C84H63N5O. The van der Waals surface area contributed by atoms with E-state index in [0.717, 1.165) is 108 Å². The van der Waals surface area contributed by atoms with E-state index in [1.54, 1.807) is 0 Å². The van der Waals surface area contributed by atoms with E-state index in [2.05, 4.69) is 407 Å². The highest BCUT2D eigenvalue weighted by molar-refractivity contribution is 6.00. The largest absolute Gasteiger partial charge is 0.457 e. The zero-order valence-electron chi connectivity index (χ0n) is 49.5. The van der Waals surface area contributed by atoms with E-state index in [1.807, 2.05) is 0 Å². The second-order valence-corrected chi connectivity index (χ2v) is 21.8. The van der Waals surface area contributed by atoms with E-state index in [4.69, 9.17) is 4.74 Å². The Bertz CT molecular complexity index is 4190. The summed E-state index contributed by atoms with van der Waals surface area (Å²) in [5, 5.41) is 0. The molecule has 0 unspecified atom stereocenters. The predicted molar refractivity (Wildman–Crippen MR) is 377 cm³/mol. The molecule has 430 valence electrons. The van der Waals surface area contributed by atoms with Gasteiger partial charge in [0.1, 0.15) is 11.5 Å². The summed E-state index contributed by atoms with van der Waals surface area (Å²) in [5.41, 5.74) is 19.0. The number of hydrogen-bond acceptors (Lipinski definition) is 6. The molecule has 0 atom stereocenters. The molecule has 0 aliphatic heterocycles. The highest BCUT2D eigenvalue weighted by atomic mass is 16.5. The number of nitrogens with zero attached hydrogens (tertiary/aromatic N) is 5. The molecule has 0 radical (unpaired) electrons. The van der Waals surface area contributed by atoms with Crippen LogP contribution in [0.1, 0.15) is 0 Å². The second kappa shape index (κ2) is 26.2. The van der Waals surface area contributed by atoms with Gasteiger partial charge in [0.25, 0.3) is 0 Å². The first kappa shape index (κ1) is 55.7. The van der Waals surface area contributed by atoms with Crippen LogP contribution in [0.5, 0.6) is 11.5 Å². The molecule has 0 aliphatic rings. The lowest BCUT2D eigenvalue weighted by Crippen LogP contribution is -2.17. The number of benzene rings is 14. The molecule has 14 aromatic carbocycles. The van der Waals surface area contributed by atoms with Gasteiger partial charge in [-0.05, 0) is 145 Å². The Kier molecular flexibility index (Phi) is 16.3. The summed E-state index contributed by atoms with van der Waals surface area (Å²) >= 11 is 0. The predicted octanol–water partition coefficient (Wildman–Crippen LogP) is 24.2. The Morgan fingerprint density at radius 3 is 0.667 bits per heavy atom. The minimum atomic E-state index is 0.651. The van der Waals surface area contributed by atoms with Crippen molar-refractivity contribution in [2.24, 2.45) is 0 Å². The maximum Gasteiger partial charge on any atom is 0.131 e. The molecule has 14 rings (SSSR count). The monoisotopic (exact) mass is 1160 g/mol. The lowest BCUT2D eigenvalue weighted by atomic mass is 9.94. The average molecular weight is 1160 g/mol. The number of anilines is 15. The molecule has 0 amide bonds. The van der Waals surface area contributed by atoms with Crippen molar-refractivity contribution < 1.29 is 4.74 Å². The zero-order chi connectivity index (χ0) is 60.3. The first-order valence-electron chi connectivity index (χ1n) is 30.4. The highest BCUT2D eigenvalue weighted by Gasteiger charge is 2.27. The van der Waals surface area contributed by atoms with Gasteiger partial charge in [-0.25, -0.2) is 0 Å². The number of hydrogen-bond donors (Lipinski definition) is 0. The third kappa shape index (κ3) is 12.1. The molecule has 0 bridgehead atoms. The summed E-state index contributed by atoms with van der Waals surface area (Å²) in [5.74, 6) is 1.30. The van der Waals surface area contributed by atoms with Crippen LogP contribution in [0.15, 0.2) is 382 Å². The summed E-state index contributed by atoms with van der Waals surface area (Å²) in [4.78, 5) is 11.7. The van der Waals surface area contributed by atoms with Gasteiger partial charge in [-0.3, -0.25) is 0 Å². The van der Waals surface area contributed by atoms with E-state index in [1.165, 1.54) is 0 Å². The Balaban J connectivity index is 1.03. The van der Waals surface area contributed by atoms with Gasteiger partial charge in [0.15, 0.2) is 0 Å².